The van der Waals surface area contributed by atoms with Gasteiger partial charge in [0.05, 0.1) is 0 Å². The molecule has 0 saturated carbocycles. The van der Waals surface area contributed by atoms with Crippen LogP contribution in [0.4, 0.5) is 0 Å². The van der Waals surface area contributed by atoms with Gasteiger partial charge in [-0.2, -0.15) is 5.10 Å². The molecule has 2 aliphatic heterocycles. The number of hydrogen-bond acceptors (Lipinski definition) is 3. The van der Waals surface area contributed by atoms with Crippen molar-refractivity contribution >= 4 is 5.91 Å². The summed E-state index contributed by atoms with van der Waals surface area (Å²) >= 11 is 0. The van der Waals surface area contributed by atoms with Crippen LogP contribution in [-0.4, -0.2) is 50.7 Å². The predicted molar refractivity (Wildman–Crippen MR) is 96.8 cm³/mol. The number of likely N-dealkylation sites (tertiary alicyclic amines) is 2. The van der Waals surface area contributed by atoms with Crippen LogP contribution in [0.1, 0.15) is 31.2 Å². The van der Waals surface area contributed by atoms with Gasteiger partial charge in [-0.15, -0.1) is 0 Å². The van der Waals surface area contributed by atoms with E-state index < -0.39 is 0 Å². The van der Waals surface area contributed by atoms with E-state index in [0.717, 1.165) is 32.5 Å². The first-order valence-electron chi connectivity index (χ1n) is 9.36. The number of carbonyl (C=O) groups is 1. The van der Waals surface area contributed by atoms with E-state index in [-0.39, 0.29) is 5.91 Å². The standard InChI is InChI=1S/C20H26N4O/c25-20(16-23-13-6-11-21-23)24-14-5-10-19(24)18-9-4-12-22(18)15-17-7-2-1-3-8-17/h1-3,6-8,11,13,18-19H,4-5,9-10,12,14-16H2/t18-,19-/m0/s1. The molecule has 1 aromatic carbocycles. The van der Waals surface area contributed by atoms with Crippen molar-refractivity contribution in [1.82, 2.24) is 19.6 Å². The van der Waals surface area contributed by atoms with Crippen LogP contribution < -0.4 is 0 Å². The number of rotatable bonds is 5. The van der Waals surface area contributed by atoms with Crippen LogP contribution in [0.2, 0.25) is 0 Å². The Morgan fingerprint density at radius 2 is 1.84 bits per heavy atom. The molecule has 3 heterocycles. The zero-order valence-corrected chi connectivity index (χ0v) is 14.6. The predicted octanol–water partition coefficient (Wildman–Crippen LogP) is 2.54. The highest BCUT2D eigenvalue weighted by Crippen LogP contribution is 2.31. The van der Waals surface area contributed by atoms with Crippen molar-refractivity contribution in [3.8, 4) is 0 Å². The van der Waals surface area contributed by atoms with Gasteiger partial charge in [0.1, 0.15) is 6.54 Å². The summed E-state index contributed by atoms with van der Waals surface area (Å²) in [6, 6.07) is 13.4. The van der Waals surface area contributed by atoms with Gasteiger partial charge >= 0.3 is 0 Å². The summed E-state index contributed by atoms with van der Waals surface area (Å²) in [4.78, 5) is 17.5. The van der Waals surface area contributed by atoms with Crippen molar-refractivity contribution in [2.75, 3.05) is 13.1 Å². The van der Waals surface area contributed by atoms with Gasteiger partial charge in [0.25, 0.3) is 0 Å². The molecule has 5 heteroatoms. The Morgan fingerprint density at radius 3 is 2.64 bits per heavy atom. The van der Waals surface area contributed by atoms with Crippen LogP contribution in [0.25, 0.3) is 0 Å². The molecule has 2 atom stereocenters. The lowest BCUT2D eigenvalue weighted by Gasteiger charge is -2.35. The molecule has 0 aliphatic carbocycles. The quantitative estimate of drug-likeness (QED) is 0.841. The fraction of sp³-hybridized carbons (Fsp3) is 0.500. The molecule has 2 fully saturated rings. The first-order valence-corrected chi connectivity index (χ1v) is 9.36. The second-order valence-corrected chi connectivity index (χ2v) is 7.17. The second kappa shape index (κ2) is 7.40. The van der Waals surface area contributed by atoms with E-state index in [1.807, 2.05) is 12.3 Å². The minimum atomic E-state index is 0.206. The van der Waals surface area contributed by atoms with E-state index in [9.17, 15) is 4.79 Å². The summed E-state index contributed by atoms with van der Waals surface area (Å²) < 4.78 is 1.73. The fourth-order valence-electron chi connectivity index (χ4n) is 4.43. The van der Waals surface area contributed by atoms with Crippen molar-refractivity contribution in [2.45, 2.75) is 50.9 Å². The Labute approximate surface area is 149 Å². The molecule has 2 aromatic rings. The van der Waals surface area contributed by atoms with Gasteiger partial charge in [0, 0.05) is 37.6 Å². The second-order valence-electron chi connectivity index (χ2n) is 7.17. The molecule has 5 nitrogen and oxygen atoms in total. The Morgan fingerprint density at radius 1 is 1.04 bits per heavy atom. The SMILES string of the molecule is O=C(Cn1cccn1)N1CCC[C@H]1[C@@H]1CCCN1Cc1ccccc1. The third-order valence-corrected chi connectivity index (χ3v) is 5.56. The monoisotopic (exact) mass is 338 g/mol. The summed E-state index contributed by atoms with van der Waals surface area (Å²) in [7, 11) is 0. The highest BCUT2D eigenvalue weighted by molar-refractivity contribution is 5.76. The molecule has 0 N–H and O–H groups in total. The topological polar surface area (TPSA) is 41.4 Å². The molecule has 25 heavy (non-hydrogen) atoms. The number of carbonyl (C=O) groups excluding carboxylic acids is 1. The summed E-state index contributed by atoms with van der Waals surface area (Å²) in [5.41, 5.74) is 1.36. The smallest absolute Gasteiger partial charge is 0.244 e. The van der Waals surface area contributed by atoms with E-state index in [4.69, 9.17) is 0 Å². The summed E-state index contributed by atoms with van der Waals surface area (Å²) in [5.74, 6) is 0.206. The lowest BCUT2D eigenvalue weighted by atomic mass is 10.0. The van der Waals surface area contributed by atoms with Crippen LogP contribution in [0, 0.1) is 0 Å². The van der Waals surface area contributed by atoms with Gasteiger partial charge < -0.3 is 4.90 Å². The van der Waals surface area contributed by atoms with E-state index in [1.165, 1.54) is 18.4 Å². The first kappa shape index (κ1) is 16.3. The molecular formula is C20H26N4O. The van der Waals surface area contributed by atoms with Crippen LogP contribution in [-0.2, 0) is 17.9 Å². The lowest BCUT2D eigenvalue weighted by molar-refractivity contribution is -0.134. The van der Waals surface area contributed by atoms with Crippen LogP contribution in [0.5, 0.6) is 0 Å². The molecule has 0 bridgehead atoms. The number of amides is 1. The number of aromatic nitrogens is 2. The van der Waals surface area contributed by atoms with Gasteiger partial charge in [0.2, 0.25) is 5.91 Å². The Hall–Kier alpha value is -2.14. The van der Waals surface area contributed by atoms with Gasteiger partial charge in [0.15, 0.2) is 0 Å². The molecule has 2 saturated heterocycles. The molecule has 0 radical (unpaired) electrons. The number of nitrogens with zero attached hydrogens (tertiary/aromatic N) is 4. The van der Waals surface area contributed by atoms with Gasteiger partial charge in [-0.25, -0.2) is 0 Å². The largest absolute Gasteiger partial charge is 0.337 e. The third kappa shape index (κ3) is 3.61. The fourth-order valence-corrected chi connectivity index (χ4v) is 4.43. The van der Waals surface area contributed by atoms with Crippen molar-refractivity contribution in [1.29, 1.82) is 0 Å². The third-order valence-electron chi connectivity index (χ3n) is 5.56. The molecular weight excluding hydrogens is 312 g/mol. The molecule has 0 spiro atoms. The maximum absolute atomic E-state index is 12.8. The number of benzene rings is 1. The minimum Gasteiger partial charge on any atom is -0.337 e. The van der Waals surface area contributed by atoms with E-state index in [2.05, 4.69) is 45.2 Å². The molecule has 2 aliphatic rings. The normalized spacial score (nSPS) is 24.1. The molecule has 4 rings (SSSR count). The average molecular weight is 338 g/mol. The lowest BCUT2D eigenvalue weighted by Crippen LogP contribution is -2.48. The van der Waals surface area contributed by atoms with Crippen LogP contribution in [0.3, 0.4) is 0 Å². The zero-order chi connectivity index (χ0) is 17.1. The summed E-state index contributed by atoms with van der Waals surface area (Å²) in [6.07, 6.45) is 8.26. The van der Waals surface area contributed by atoms with E-state index >= 15 is 0 Å². The summed E-state index contributed by atoms with van der Waals surface area (Å²) in [6.45, 7) is 3.37. The maximum atomic E-state index is 12.8. The van der Waals surface area contributed by atoms with Gasteiger partial charge in [-0.3, -0.25) is 14.4 Å². The highest BCUT2D eigenvalue weighted by atomic mass is 16.2. The zero-order valence-electron chi connectivity index (χ0n) is 14.6. The van der Waals surface area contributed by atoms with Crippen molar-refractivity contribution in [3.05, 3.63) is 54.4 Å². The summed E-state index contributed by atoms with van der Waals surface area (Å²) in [5, 5.41) is 4.18. The van der Waals surface area contributed by atoms with Crippen LogP contribution in [0.15, 0.2) is 48.8 Å². The minimum absolute atomic E-state index is 0.206. The molecule has 0 unspecified atom stereocenters. The first-order chi connectivity index (χ1) is 12.3. The Balaban J connectivity index is 1.44. The van der Waals surface area contributed by atoms with Crippen molar-refractivity contribution < 1.29 is 4.79 Å². The van der Waals surface area contributed by atoms with E-state index in [1.54, 1.807) is 10.9 Å². The molecule has 1 aromatic heterocycles. The number of hydrogen-bond donors (Lipinski definition) is 0. The molecule has 132 valence electrons. The van der Waals surface area contributed by atoms with Gasteiger partial charge in [-0.1, -0.05) is 30.3 Å². The van der Waals surface area contributed by atoms with E-state index in [0.29, 0.717) is 18.6 Å². The van der Waals surface area contributed by atoms with Crippen molar-refractivity contribution in [2.24, 2.45) is 0 Å². The van der Waals surface area contributed by atoms with Crippen molar-refractivity contribution in [3.63, 3.8) is 0 Å². The highest BCUT2D eigenvalue weighted by Gasteiger charge is 2.39. The Bertz CT molecular complexity index is 685. The van der Waals surface area contributed by atoms with Crippen LogP contribution >= 0.6 is 0 Å². The van der Waals surface area contributed by atoms with Gasteiger partial charge in [-0.05, 0) is 43.9 Å². The maximum Gasteiger partial charge on any atom is 0.244 e. The average Bonchev–Trinajstić information content (AvgIpc) is 3.36. The Kier molecular flexibility index (Phi) is 4.83. The molecule has 1 amide bonds.